The molecule has 0 bridgehead atoms. The molecule has 0 spiro atoms. The van der Waals surface area contributed by atoms with Crippen LogP contribution in [-0.4, -0.2) is 19.9 Å². The summed E-state index contributed by atoms with van der Waals surface area (Å²) < 4.78 is 16.3. The first kappa shape index (κ1) is 14.0. The predicted octanol–water partition coefficient (Wildman–Crippen LogP) is 2.51. The molecule has 0 aliphatic carbocycles. The first-order valence-electron chi connectivity index (χ1n) is 6.23. The second kappa shape index (κ2) is 6.14. The van der Waals surface area contributed by atoms with Crippen molar-refractivity contribution in [3.8, 4) is 11.5 Å². The van der Waals surface area contributed by atoms with E-state index >= 15 is 0 Å². The van der Waals surface area contributed by atoms with Crippen LogP contribution in [-0.2, 0) is 6.42 Å². The summed E-state index contributed by atoms with van der Waals surface area (Å²) in [5, 5.41) is 3.83. The van der Waals surface area contributed by atoms with E-state index in [4.69, 9.17) is 19.7 Å². The Balaban J connectivity index is 2.37. The third kappa shape index (κ3) is 2.77. The molecule has 0 aliphatic rings. The van der Waals surface area contributed by atoms with Gasteiger partial charge in [0.2, 0.25) is 0 Å². The second-order valence-electron chi connectivity index (χ2n) is 4.30. The Kier molecular flexibility index (Phi) is 4.30. The molecule has 0 radical (unpaired) electrons. The summed E-state index contributed by atoms with van der Waals surface area (Å²) in [7, 11) is 3.24. The van der Waals surface area contributed by atoms with Crippen LogP contribution in [0.1, 0.15) is 17.1 Å². The molecule has 5 nitrogen and oxygen atoms in total. The first-order chi connectivity index (χ1) is 9.69. The molecule has 0 saturated heterocycles. The maximum atomic E-state index is 5.56. The molecule has 1 aromatic carbocycles. The summed E-state index contributed by atoms with van der Waals surface area (Å²) in [6.45, 7) is 1.88. The second-order valence-corrected chi connectivity index (χ2v) is 4.30. The molecule has 0 saturated carbocycles. The minimum atomic E-state index is 0.469. The number of benzene rings is 1. The summed E-state index contributed by atoms with van der Waals surface area (Å²) >= 11 is 0. The minimum absolute atomic E-state index is 0.469. The van der Waals surface area contributed by atoms with E-state index in [0.717, 1.165) is 22.8 Å². The van der Waals surface area contributed by atoms with Gasteiger partial charge in [0.25, 0.3) is 0 Å². The Morgan fingerprint density at radius 1 is 1.15 bits per heavy atom. The molecule has 20 heavy (non-hydrogen) atoms. The average molecular weight is 274 g/mol. The molecule has 5 heteroatoms. The van der Waals surface area contributed by atoms with Crippen molar-refractivity contribution in [3.63, 3.8) is 0 Å². The lowest BCUT2D eigenvalue weighted by Crippen LogP contribution is -2.09. The van der Waals surface area contributed by atoms with Crippen molar-refractivity contribution in [2.75, 3.05) is 14.2 Å². The normalized spacial score (nSPS) is 11.4. The van der Waals surface area contributed by atoms with Crippen LogP contribution in [0.4, 0.5) is 0 Å². The maximum absolute atomic E-state index is 5.56. The zero-order chi connectivity index (χ0) is 14.5. The van der Waals surface area contributed by atoms with Crippen LogP contribution in [0.2, 0.25) is 0 Å². The number of nitrogens with zero attached hydrogens (tertiary/aromatic N) is 1. The van der Waals surface area contributed by atoms with Crippen LogP contribution < -0.4 is 15.3 Å². The number of aryl methyl sites for hydroxylation is 1. The van der Waals surface area contributed by atoms with E-state index in [1.165, 1.54) is 0 Å². The fourth-order valence-corrected chi connectivity index (χ4v) is 2.06. The van der Waals surface area contributed by atoms with Gasteiger partial charge in [0, 0.05) is 12.0 Å². The van der Waals surface area contributed by atoms with E-state index in [-0.39, 0.29) is 0 Å². The molecular weight excluding hydrogens is 256 g/mol. The monoisotopic (exact) mass is 274 g/mol. The Morgan fingerprint density at radius 2 is 1.80 bits per heavy atom. The molecule has 0 aliphatic heterocycles. The summed E-state index contributed by atoms with van der Waals surface area (Å²) in [5.41, 5.74) is 1.52. The number of nitrogens with two attached hydrogens (primary N) is 1. The van der Waals surface area contributed by atoms with Crippen LogP contribution in [0.25, 0.3) is 0 Å². The fraction of sp³-hybridized carbons (Fsp3) is 0.267. The summed E-state index contributed by atoms with van der Waals surface area (Å²) in [4.78, 5) is 0. The minimum Gasteiger partial charge on any atom is -0.496 e. The van der Waals surface area contributed by atoms with E-state index in [9.17, 15) is 0 Å². The third-order valence-corrected chi connectivity index (χ3v) is 3.05. The van der Waals surface area contributed by atoms with Gasteiger partial charge in [-0.1, -0.05) is 6.07 Å². The van der Waals surface area contributed by atoms with Gasteiger partial charge in [-0.25, -0.2) is 0 Å². The predicted molar refractivity (Wildman–Crippen MR) is 77.4 cm³/mol. The fourth-order valence-electron chi connectivity index (χ4n) is 2.06. The lowest BCUT2D eigenvalue weighted by atomic mass is 10.0. The van der Waals surface area contributed by atoms with Gasteiger partial charge in [0.15, 0.2) is 5.76 Å². The summed E-state index contributed by atoms with van der Waals surface area (Å²) in [6.07, 6.45) is 0.469. The van der Waals surface area contributed by atoms with E-state index < -0.39 is 0 Å². The van der Waals surface area contributed by atoms with Gasteiger partial charge in [-0.2, -0.15) is 5.10 Å². The highest BCUT2D eigenvalue weighted by molar-refractivity contribution is 6.00. The van der Waals surface area contributed by atoms with E-state index in [1.54, 1.807) is 14.2 Å². The molecule has 0 unspecified atom stereocenters. The molecule has 1 aromatic heterocycles. The van der Waals surface area contributed by atoms with Crippen molar-refractivity contribution in [1.29, 1.82) is 0 Å². The van der Waals surface area contributed by atoms with Gasteiger partial charge in [0.05, 0.1) is 14.2 Å². The smallest absolute Gasteiger partial charge is 0.150 e. The Morgan fingerprint density at radius 3 is 2.25 bits per heavy atom. The lowest BCUT2D eigenvalue weighted by Gasteiger charge is -2.13. The summed E-state index contributed by atoms with van der Waals surface area (Å²) in [6, 6.07) is 9.35. The van der Waals surface area contributed by atoms with Gasteiger partial charge in [-0.05, 0) is 31.2 Å². The molecule has 2 rings (SSSR count). The average Bonchev–Trinajstić information content (AvgIpc) is 2.90. The number of rotatable bonds is 5. The first-order valence-corrected chi connectivity index (χ1v) is 6.23. The zero-order valence-corrected chi connectivity index (χ0v) is 11.8. The third-order valence-electron chi connectivity index (χ3n) is 3.05. The number of methoxy groups -OCH3 is 2. The van der Waals surface area contributed by atoms with Crippen molar-refractivity contribution in [1.82, 2.24) is 0 Å². The van der Waals surface area contributed by atoms with Crippen molar-refractivity contribution >= 4 is 5.71 Å². The maximum Gasteiger partial charge on any atom is 0.150 e. The summed E-state index contributed by atoms with van der Waals surface area (Å²) in [5.74, 6) is 8.42. The standard InChI is InChI=1S/C15H18N2O3/c1-10-7-8-15(20-10)12(17-16)9-11-13(18-2)5-4-6-14(11)19-3/h4-8H,9,16H2,1-3H3/b17-12-. The van der Waals surface area contributed by atoms with Crippen molar-refractivity contribution < 1.29 is 13.9 Å². The molecule has 106 valence electrons. The van der Waals surface area contributed by atoms with Gasteiger partial charge in [-0.15, -0.1) is 0 Å². The highest BCUT2D eigenvalue weighted by Gasteiger charge is 2.16. The van der Waals surface area contributed by atoms with Crippen molar-refractivity contribution in [2.24, 2.45) is 10.9 Å². The van der Waals surface area contributed by atoms with Crippen LogP contribution in [0.5, 0.6) is 11.5 Å². The van der Waals surface area contributed by atoms with Crippen molar-refractivity contribution in [2.45, 2.75) is 13.3 Å². The van der Waals surface area contributed by atoms with E-state index in [1.807, 2.05) is 37.3 Å². The molecule has 2 aromatic rings. The van der Waals surface area contributed by atoms with Gasteiger partial charge in [-0.3, -0.25) is 0 Å². The van der Waals surface area contributed by atoms with Crippen LogP contribution in [0, 0.1) is 6.92 Å². The topological polar surface area (TPSA) is 70.0 Å². The van der Waals surface area contributed by atoms with Gasteiger partial charge >= 0.3 is 0 Å². The van der Waals surface area contributed by atoms with E-state index in [2.05, 4.69) is 5.10 Å². The van der Waals surface area contributed by atoms with Gasteiger partial charge in [0.1, 0.15) is 23.0 Å². The number of ether oxygens (including phenoxy) is 2. The van der Waals surface area contributed by atoms with Crippen LogP contribution >= 0.6 is 0 Å². The Bertz CT molecular complexity index is 595. The van der Waals surface area contributed by atoms with Crippen LogP contribution in [0.3, 0.4) is 0 Å². The number of hydrazone groups is 1. The number of hydrogen-bond donors (Lipinski definition) is 1. The highest BCUT2D eigenvalue weighted by atomic mass is 16.5. The lowest BCUT2D eigenvalue weighted by molar-refractivity contribution is 0.387. The highest BCUT2D eigenvalue weighted by Crippen LogP contribution is 2.29. The van der Waals surface area contributed by atoms with Crippen LogP contribution in [0.15, 0.2) is 39.9 Å². The molecule has 0 fully saturated rings. The number of furan rings is 1. The quantitative estimate of drug-likeness (QED) is 0.516. The SMILES string of the molecule is COc1cccc(OC)c1C/C(=N/N)c1ccc(C)o1. The number of hydrogen-bond acceptors (Lipinski definition) is 5. The molecule has 1 heterocycles. The molecule has 0 atom stereocenters. The largest absolute Gasteiger partial charge is 0.496 e. The zero-order valence-electron chi connectivity index (χ0n) is 11.8. The molecular formula is C15H18N2O3. The Hall–Kier alpha value is -2.43. The molecule has 0 amide bonds. The van der Waals surface area contributed by atoms with Crippen molar-refractivity contribution in [3.05, 3.63) is 47.4 Å². The molecule has 2 N–H and O–H groups in total. The van der Waals surface area contributed by atoms with Gasteiger partial charge < -0.3 is 19.7 Å². The Labute approximate surface area is 118 Å². The van der Waals surface area contributed by atoms with E-state index in [0.29, 0.717) is 17.9 Å².